The van der Waals surface area contributed by atoms with E-state index in [1.165, 1.54) is 7.11 Å². The first-order chi connectivity index (χ1) is 18.5. The number of hydrogen-bond acceptors (Lipinski definition) is 4. The minimum atomic E-state index is -0.764. The SMILES string of the molecule is COC(=O)C[C@H]1Cc2ccccc2CN1C(=O)[C@H](CCc1ccccc1)NC(=O)c1cc2ccccc2[nH]1. The number of nitrogens with zero attached hydrogens (tertiary/aromatic N) is 1. The van der Waals surface area contributed by atoms with Crippen LogP contribution in [-0.2, 0) is 33.7 Å². The molecule has 0 fully saturated rings. The highest BCUT2D eigenvalue weighted by molar-refractivity contribution is 6.00. The Labute approximate surface area is 221 Å². The van der Waals surface area contributed by atoms with E-state index in [0.29, 0.717) is 31.5 Å². The summed E-state index contributed by atoms with van der Waals surface area (Å²) in [6.07, 6.45) is 1.70. The van der Waals surface area contributed by atoms with Crippen molar-refractivity contribution in [2.24, 2.45) is 0 Å². The van der Waals surface area contributed by atoms with Crippen LogP contribution in [0.2, 0.25) is 0 Å². The number of aryl methyl sites for hydroxylation is 1. The van der Waals surface area contributed by atoms with E-state index >= 15 is 0 Å². The number of nitrogens with one attached hydrogen (secondary N) is 2. The van der Waals surface area contributed by atoms with Crippen molar-refractivity contribution >= 4 is 28.7 Å². The van der Waals surface area contributed by atoms with E-state index < -0.39 is 6.04 Å². The van der Waals surface area contributed by atoms with E-state index in [4.69, 9.17) is 4.74 Å². The molecular weight excluding hydrogens is 478 g/mol. The number of esters is 1. The van der Waals surface area contributed by atoms with Gasteiger partial charge in [-0.25, -0.2) is 0 Å². The first kappa shape index (κ1) is 25.3. The second-order valence-electron chi connectivity index (χ2n) is 9.69. The quantitative estimate of drug-likeness (QED) is 0.344. The van der Waals surface area contributed by atoms with E-state index in [1.807, 2.05) is 78.9 Å². The van der Waals surface area contributed by atoms with Crippen LogP contribution in [0.5, 0.6) is 0 Å². The predicted molar refractivity (Wildman–Crippen MR) is 145 cm³/mol. The average molecular weight is 510 g/mol. The zero-order valence-corrected chi connectivity index (χ0v) is 21.4. The zero-order valence-electron chi connectivity index (χ0n) is 21.4. The third-order valence-corrected chi connectivity index (χ3v) is 7.21. The predicted octanol–water partition coefficient (Wildman–Crippen LogP) is 4.42. The molecule has 0 saturated carbocycles. The highest BCUT2D eigenvalue weighted by Crippen LogP contribution is 2.27. The van der Waals surface area contributed by atoms with Crippen molar-refractivity contribution in [2.75, 3.05) is 7.11 Å². The lowest BCUT2D eigenvalue weighted by Gasteiger charge is -2.38. The van der Waals surface area contributed by atoms with E-state index in [2.05, 4.69) is 10.3 Å². The summed E-state index contributed by atoms with van der Waals surface area (Å²) in [4.78, 5) is 44.6. The Morgan fingerprint density at radius 2 is 1.68 bits per heavy atom. The monoisotopic (exact) mass is 509 g/mol. The van der Waals surface area contributed by atoms with Gasteiger partial charge in [-0.2, -0.15) is 0 Å². The van der Waals surface area contributed by atoms with Crippen molar-refractivity contribution in [3.05, 3.63) is 107 Å². The molecule has 0 bridgehead atoms. The maximum Gasteiger partial charge on any atom is 0.307 e. The van der Waals surface area contributed by atoms with Gasteiger partial charge in [0.15, 0.2) is 0 Å². The Bertz CT molecular complexity index is 1410. The van der Waals surface area contributed by atoms with Crippen molar-refractivity contribution in [3.63, 3.8) is 0 Å². The molecule has 7 heteroatoms. The Morgan fingerprint density at radius 3 is 2.45 bits per heavy atom. The number of carbonyl (C=O) groups excluding carboxylic acids is 3. The Hall–Kier alpha value is -4.39. The van der Waals surface area contributed by atoms with Crippen LogP contribution in [0.15, 0.2) is 84.9 Å². The maximum atomic E-state index is 14.1. The molecule has 2 atom stereocenters. The van der Waals surface area contributed by atoms with Gasteiger partial charge in [0.25, 0.3) is 5.91 Å². The van der Waals surface area contributed by atoms with Crippen LogP contribution in [0.1, 0.15) is 40.0 Å². The fourth-order valence-electron chi connectivity index (χ4n) is 5.15. The molecule has 3 aromatic carbocycles. The number of rotatable bonds is 8. The first-order valence-corrected chi connectivity index (χ1v) is 12.9. The number of benzene rings is 3. The van der Waals surface area contributed by atoms with Gasteiger partial charge in [-0.05, 0) is 48.1 Å². The third-order valence-electron chi connectivity index (χ3n) is 7.21. The van der Waals surface area contributed by atoms with Crippen molar-refractivity contribution < 1.29 is 19.1 Å². The smallest absolute Gasteiger partial charge is 0.307 e. The molecule has 0 unspecified atom stereocenters. The van der Waals surface area contributed by atoms with Crippen LogP contribution in [-0.4, -0.2) is 46.9 Å². The summed E-state index contributed by atoms with van der Waals surface area (Å²) in [5.41, 5.74) is 4.51. The Kier molecular flexibility index (Phi) is 7.54. The lowest BCUT2D eigenvalue weighted by Crippen LogP contribution is -2.54. The number of fused-ring (bicyclic) bond motifs is 2. The lowest BCUT2D eigenvalue weighted by atomic mass is 9.91. The molecule has 194 valence electrons. The normalized spacial score (nSPS) is 15.5. The van der Waals surface area contributed by atoms with E-state index in [9.17, 15) is 14.4 Å². The summed E-state index contributed by atoms with van der Waals surface area (Å²) in [6.45, 7) is 0.376. The summed E-state index contributed by atoms with van der Waals surface area (Å²) in [5, 5.41) is 3.92. The van der Waals surface area contributed by atoms with Crippen molar-refractivity contribution in [3.8, 4) is 0 Å². The Balaban J connectivity index is 1.42. The molecule has 7 nitrogen and oxygen atoms in total. The summed E-state index contributed by atoms with van der Waals surface area (Å²) in [5.74, 6) is -0.904. The van der Waals surface area contributed by atoms with Gasteiger partial charge in [0, 0.05) is 23.5 Å². The molecule has 0 saturated heterocycles. The Morgan fingerprint density at radius 1 is 0.974 bits per heavy atom. The number of amides is 2. The molecule has 1 aliphatic heterocycles. The van der Waals surface area contributed by atoms with Gasteiger partial charge in [0.05, 0.1) is 13.5 Å². The van der Waals surface area contributed by atoms with Crippen LogP contribution in [0.3, 0.4) is 0 Å². The standard InChI is InChI=1S/C31H31N3O4/c1-38-29(35)19-25-17-22-11-5-6-13-24(22)20-34(25)31(37)27(16-15-21-9-3-2-4-10-21)33-30(36)28-18-23-12-7-8-14-26(23)32-28/h2-14,18,25,27,32H,15-17,19-20H2,1H3,(H,33,36)/t25-,27+/m1/s1. The fraction of sp³-hybridized carbons (Fsp3) is 0.258. The van der Waals surface area contributed by atoms with Crippen LogP contribution >= 0.6 is 0 Å². The topological polar surface area (TPSA) is 91.5 Å². The highest BCUT2D eigenvalue weighted by atomic mass is 16.5. The largest absolute Gasteiger partial charge is 0.469 e. The van der Waals surface area contributed by atoms with Crippen molar-refractivity contribution in [2.45, 2.75) is 44.3 Å². The molecule has 0 aliphatic carbocycles. The number of hydrogen-bond donors (Lipinski definition) is 2. The minimum absolute atomic E-state index is 0.0952. The van der Waals surface area contributed by atoms with Crippen LogP contribution in [0.25, 0.3) is 10.9 Å². The molecular formula is C31H31N3O4. The van der Waals surface area contributed by atoms with Crippen molar-refractivity contribution in [1.29, 1.82) is 0 Å². The van der Waals surface area contributed by atoms with Crippen molar-refractivity contribution in [1.82, 2.24) is 15.2 Å². The lowest BCUT2D eigenvalue weighted by molar-refractivity contribution is -0.145. The number of ether oxygens (including phenoxy) is 1. The number of H-pyrrole nitrogens is 1. The maximum absolute atomic E-state index is 14.1. The number of carbonyl (C=O) groups is 3. The second-order valence-corrected chi connectivity index (χ2v) is 9.69. The second kappa shape index (κ2) is 11.3. The number of aromatic nitrogens is 1. The molecule has 2 N–H and O–H groups in total. The molecule has 5 rings (SSSR count). The summed E-state index contributed by atoms with van der Waals surface area (Å²) in [6, 6.07) is 26.2. The van der Waals surface area contributed by atoms with E-state index in [-0.39, 0.29) is 30.2 Å². The summed E-state index contributed by atoms with van der Waals surface area (Å²) < 4.78 is 4.94. The number of methoxy groups -OCH3 is 1. The number of para-hydroxylation sites is 1. The van der Waals surface area contributed by atoms with Gasteiger partial charge in [0.2, 0.25) is 5.91 Å². The van der Waals surface area contributed by atoms with Gasteiger partial charge < -0.3 is 19.9 Å². The van der Waals surface area contributed by atoms with Crippen LogP contribution < -0.4 is 5.32 Å². The van der Waals surface area contributed by atoms with Gasteiger partial charge >= 0.3 is 5.97 Å². The van der Waals surface area contributed by atoms with Gasteiger partial charge in [-0.3, -0.25) is 14.4 Å². The zero-order chi connectivity index (χ0) is 26.5. The molecule has 0 spiro atoms. The number of aromatic amines is 1. The summed E-state index contributed by atoms with van der Waals surface area (Å²) >= 11 is 0. The molecule has 38 heavy (non-hydrogen) atoms. The van der Waals surface area contributed by atoms with E-state index in [1.54, 1.807) is 11.0 Å². The van der Waals surface area contributed by atoms with Gasteiger partial charge in [-0.15, -0.1) is 0 Å². The minimum Gasteiger partial charge on any atom is -0.469 e. The third kappa shape index (κ3) is 5.62. The molecule has 1 aliphatic rings. The van der Waals surface area contributed by atoms with Gasteiger partial charge in [-0.1, -0.05) is 72.8 Å². The molecule has 0 radical (unpaired) electrons. The summed E-state index contributed by atoms with van der Waals surface area (Å²) in [7, 11) is 1.36. The van der Waals surface area contributed by atoms with Crippen LogP contribution in [0.4, 0.5) is 0 Å². The molecule has 2 amide bonds. The van der Waals surface area contributed by atoms with Gasteiger partial charge in [0.1, 0.15) is 11.7 Å². The molecule has 2 heterocycles. The average Bonchev–Trinajstić information content (AvgIpc) is 3.39. The fourth-order valence-corrected chi connectivity index (χ4v) is 5.15. The first-order valence-electron chi connectivity index (χ1n) is 12.9. The van der Waals surface area contributed by atoms with E-state index in [0.717, 1.165) is 27.6 Å². The van der Waals surface area contributed by atoms with Crippen LogP contribution in [0, 0.1) is 0 Å². The molecule has 1 aromatic heterocycles. The highest BCUT2D eigenvalue weighted by Gasteiger charge is 2.35. The molecule has 4 aromatic rings.